The van der Waals surface area contributed by atoms with E-state index >= 15 is 0 Å². The molecule has 6 heteroatoms. The van der Waals surface area contributed by atoms with Crippen molar-refractivity contribution >= 4 is 29.3 Å². The Hall–Kier alpha value is -1.56. The minimum Gasteiger partial charge on any atom is -0.354 e. The van der Waals surface area contributed by atoms with Crippen molar-refractivity contribution in [3.8, 4) is 0 Å². The number of anilines is 1. The molecular formula is C16H23N3O2S. The highest BCUT2D eigenvalue weighted by Gasteiger charge is 2.35. The number of pyridine rings is 1. The maximum absolute atomic E-state index is 12.7. The largest absolute Gasteiger partial charge is 0.354 e. The van der Waals surface area contributed by atoms with Crippen LogP contribution in [0.1, 0.15) is 40.0 Å². The van der Waals surface area contributed by atoms with Gasteiger partial charge in [-0.25, -0.2) is 4.98 Å². The molecule has 0 aliphatic carbocycles. The smallest absolute Gasteiger partial charge is 0.241 e. The third-order valence-corrected chi connectivity index (χ3v) is 4.87. The highest BCUT2D eigenvalue weighted by molar-refractivity contribution is 8.00. The normalized spacial score (nSPS) is 18.8. The number of nitrogens with one attached hydrogen (secondary N) is 1. The van der Waals surface area contributed by atoms with Gasteiger partial charge in [-0.15, -0.1) is 0 Å². The lowest BCUT2D eigenvalue weighted by Gasteiger charge is -2.32. The van der Waals surface area contributed by atoms with Crippen LogP contribution >= 0.6 is 11.8 Å². The summed E-state index contributed by atoms with van der Waals surface area (Å²) >= 11 is 1.39. The lowest BCUT2D eigenvalue weighted by atomic mass is 10.2. The summed E-state index contributed by atoms with van der Waals surface area (Å²) in [7, 11) is 0. The standard InChI is InChI=1S/C16H23N3O2S/c1-4-9-19-12-7-6-8-17-15(12)22-13(16(19)21)10-14(20)18-11(3)5-2/h6-8,11,13H,4-5,9-10H2,1-3H3,(H,18,20). The Morgan fingerprint density at radius 2 is 2.27 bits per heavy atom. The van der Waals surface area contributed by atoms with Crippen molar-refractivity contribution in [1.82, 2.24) is 10.3 Å². The van der Waals surface area contributed by atoms with Gasteiger partial charge in [0.1, 0.15) is 5.03 Å². The Bertz CT molecular complexity index is 550. The molecule has 2 unspecified atom stereocenters. The van der Waals surface area contributed by atoms with Crippen LogP contribution in [-0.4, -0.2) is 34.6 Å². The summed E-state index contributed by atoms with van der Waals surface area (Å²) in [5.41, 5.74) is 0.859. The van der Waals surface area contributed by atoms with Crippen LogP contribution in [0.4, 0.5) is 5.69 Å². The van der Waals surface area contributed by atoms with Crippen LogP contribution in [0.25, 0.3) is 0 Å². The first-order valence-corrected chi connectivity index (χ1v) is 8.67. The van der Waals surface area contributed by atoms with Crippen molar-refractivity contribution in [1.29, 1.82) is 0 Å². The molecule has 2 rings (SSSR count). The van der Waals surface area contributed by atoms with Crippen LogP contribution in [0.5, 0.6) is 0 Å². The second-order valence-electron chi connectivity index (χ2n) is 5.50. The lowest BCUT2D eigenvalue weighted by molar-refractivity contribution is -0.125. The van der Waals surface area contributed by atoms with Crippen LogP contribution in [-0.2, 0) is 9.59 Å². The molecule has 0 bridgehead atoms. The summed E-state index contributed by atoms with van der Waals surface area (Å²) < 4.78 is 0. The van der Waals surface area contributed by atoms with Crippen LogP contribution in [0, 0.1) is 0 Å². The van der Waals surface area contributed by atoms with Gasteiger partial charge in [0.15, 0.2) is 0 Å². The Morgan fingerprint density at radius 3 is 2.95 bits per heavy atom. The second-order valence-corrected chi connectivity index (χ2v) is 6.70. The average Bonchev–Trinajstić information content (AvgIpc) is 2.51. The second kappa shape index (κ2) is 7.63. The predicted molar refractivity (Wildman–Crippen MR) is 89.0 cm³/mol. The van der Waals surface area contributed by atoms with E-state index in [1.54, 1.807) is 11.1 Å². The highest BCUT2D eigenvalue weighted by Crippen LogP contribution is 2.38. The number of hydrogen-bond donors (Lipinski definition) is 1. The summed E-state index contributed by atoms with van der Waals surface area (Å²) in [4.78, 5) is 30.9. The van der Waals surface area contributed by atoms with Crippen molar-refractivity contribution in [2.45, 2.75) is 56.4 Å². The van der Waals surface area contributed by atoms with E-state index in [-0.39, 0.29) is 24.3 Å². The first-order chi connectivity index (χ1) is 10.6. The van der Waals surface area contributed by atoms with Gasteiger partial charge in [0.2, 0.25) is 11.8 Å². The number of rotatable bonds is 6. The molecule has 2 amide bonds. The van der Waals surface area contributed by atoms with E-state index < -0.39 is 5.25 Å². The number of thioether (sulfide) groups is 1. The first kappa shape index (κ1) is 16.8. The average molecular weight is 321 g/mol. The summed E-state index contributed by atoms with van der Waals surface area (Å²) in [6.07, 6.45) is 3.67. The summed E-state index contributed by atoms with van der Waals surface area (Å²) in [5, 5.41) is 3.36. The van der Waals surface area contributed by atoms with E-state index in [1.165, 1.54) is 11.8 Å². The van der Waals surface area contributed by atoms with E-state index in [0.717, 1.165) is 23.6 Å². The van der Waals surface area contributed by atoms with Gasteiger partial charge in [-0.1, -0.05) is 25.6 Å². The predicted octanol–water partition coefficient (Wildman–Crippen LogP) is 2.60. The van der Waals surface area contributed by atoms with Gasteiger partial charge in [-0.05, 0) is 31.9 Å². The van der Waals surface area contributed by atoms with Gasteiger partial charge in [0, 0.05) is 25.2 Å². The van der Waals surface area contributed by atoms with E-state index in [0.29, 0.717) is 6.54 Å². The zero-order chi connectivity index (χ0) is 16.1. The van der Waals surface area contributed by atoms with Crippen molar-refractivity contribution < 1.29 is 9.59 Å². The van der Waals surface area contributed by atoms with Crippen LogP contribution in [0.3, 0.4) is 0 Å². The van der Waals surface area contributed by atoms with Gasteiger partial charge >= 0.3 is 0 Å². The van der Waals surface area contributed by atoms with E-state index in [9.17, 15) is 9.59 Å². The Labute approximate surface area is 135 Å². The highest BCUT2D eigenvalue weighted by atomic mass is 32.2. The van der Waals surface area contributed by atoms with Crippen molar-refractivity contribution in [3.63, 3.8) is 0 Å². The molecule has 22 heavy (non-hydrogen) atoms. The Kier molecular flexibility index (Phi) is 5.83. The number of nitrogens with zero attached hydrogens (tertiary/aromatic N) is 2. The summed E-state index contributed by atoms with van der Waals surface area (Å²) in [6.45, 7) is 6.68. The number of aromatic nitrogens is 1. The molecule has 1 aromatic heterocycles. The van der Waals surface area contributed by atoms with Crippen LogP contribution < -0.4 is 10.2 Å². The minimum atomic E-state index is -0.391. The van der Waals surface area contributed by atoms with E-state index in [2.05, 4.69) is 10.3 Å². The van der Waals surface area contributed by atoms with Crippen LogP contribution in [0.15, 0.2) is 23.4 Å². The fourth-order valence-corrected chi connectivity index (χ4v) is 3.50. The number of hydrogen-bond acceptors (Lipinski definition) is 4. The van der Waals surface area contributed by atoms with Crippen LogP contribution in [0.2, 0.25) is 0 Å². The molecule has 0 aromatic carbocycles. The summed E-state index contributed by atoms with van der Waals surface area (Å²) in [5.74, 6) is -0.0670. The molecule has 1 N–H and O–H groups in total. The number of amides is 2. The molecule has 1 aliphatic heterocycles. The molecule has 120 valence electrons. The van der Waals surface area contributed by atoms with Crippen molar-refractivity contribution in [2.24, 2.45) is 0 Å². The molecule has 2 heterocycles. The summed E-state index contributed by atoms with van der Waals surface area (Å²) in [6, 6.07) is 3.89. The van der Waals surface area contributed by atoms with E-state index in [4.69, 9.17) is 0 Å². The molecule has 0 fully saturated rings. The minimum absolute atomic E-state index is 0.00616. The Balaban J connectivity index is 2.14. The molecule has 0 spiro atoms. The van der Waals surface area contributed by atoms with Crippen molar-refractivity contribution in [2.75, 3.05) is 11.4 Å². The zero-order valence-electron chi connectivity index (χ0n) is 13.3. The molecule has 5 nitrogen and oxygen atoms in total. The topological polar surface area (TPSA) is 62.3 Å². The molecule has 0 saturated carbocycles. The van der Waals surface area contributed by atoms with Gasteiger partial charge in [0.25, 0.3) is 0 Å². The van der Waals surface area contributed by atoms with Gasteiger partial charge in [-0.2, -0.15) is 0 Å². The third-order valence-electron chi connectivity index (χ3n) is 3.67. The van der Waals surface area contributed by atoms with Gasteiger partial charge in [0.05, 0.1) is 10.9 Å². The lowest BCUT2D eigenvalue weighted by Crippen LogP contribution is -2.44. The molecule has 2 atom stereocenters. The number of fused-ring (bicyclic) bond motifs is 1. The maximum atomic E-state index is 12.7. The Morgan fingerprint density at radius 1 is 1.50 bits per heavy atom. The number of carbonyl (C=O) groups excluding carboxylic acids is 2. The molecule has 1 aromatic rings. The fourth-order valence-electron chi connectivity index (χ4n) is 2.34. The van der Waals surface area contributed by atoms with E-state index in [1.807, 2.05) is 32.9 Å². The third kappa shape index (κ3) is 3.80. The molecular weight excluding hydrogens is 298 g/mol. The van der Waals surface area contributed by atoms with Gasteiger partial charge < -0.3 is 10.2 Å². The molecule has 0 radical (unpaired) electrons. The first-order valence-electron chi connectivity index (χ1n) is 7.79. The van der Waals surface area contributed by atoms with Crippen molar-refractivity contribution in [3.05, 3.63) is 18.3 Å². The van der Waals surface area contributed by atoms with Gasteiger partial charge in [-0.3, -0.25) is 9.59 Å². The number of carbonyl (C=O) groups is 2. The molecule has 0 saturated heterocycles. The zero-order valence-corrected chi connectivity index (χ0v) is 14.2. The fraction of sp³-hybridized carbons (Fsp3) is 0.562. The molecule has 1 aliphatic rings. The quantitative estimate of drug-likeness (QED) is 0.875. The monoisotopic (exact) mass is 321 g/mol. The SMILES string of the molecule is CCCN1C(=O)C(CC(=O)NC(C)CC)Sc2ncccc21. The maximum Gasteiger partial charge on any atom is 0.241 e.